The molecule has 4 aromatic rings. The van der Waals surface area contributed by atoms with Crippen LogP contribution in [0.15, 0.2) is 72.8 Å². The Kier molecular flexibility index (Phi) is 8.74. The van der Waals surface area contributed by atoms with Crippen LogP contribution >= 0.6 is 11.3 Å². The average Bonchev–Trinajstić information content (AvgIpc) is 3.66. The van der Waals surface area contributed by atoms with Crippen LogP contribution in [0.5, 0.6) is 11.5 Å². The summed E-state index contributed by atoms with van der Waals surface area (Å²) in [6, 6.07) is 23.9. The first-order valence-corrected chi connectivity index (χ1v) is 15.1. The lowest BCUT2D eigenvalue weighted by molar-refractivity contribution is 0.0322. The summed E-state index contributed by atoms with van der Waals surface area (Å²) in [7, 11) is 0. The van der Waals surface area contributed by atoms with Crippen LogP contribution in [0.1, 0.15) is 28.8 Å². The zero-order chi connectivity index (χ0) is 27.1. The van der Waals surface area contributed by atoms with E-state index in [1.807, 2.05) is 54.6 Å². The van der Waals surface area contributed by atoms with Gasteiger partial charge in [0, 0.05) is 52.3 Å². The van der Waals surface area contributed by atoms with Gasteiger partial charge in [-0.15, -0.1) is 11.3 Å². The van der Waals surface area contributed by atoms with Crippen LogP contribution in [0, 0.1) is 0 Å². The van der Waals surface area contributed by atoms with Gasteiger partial charge in [-0.25, -0.2) is 0 Å². The Bertz CT molecular complexity index is 1400. The number of hydrogen-bond acceptors (Lipinski definition) is 7. The minimum absolute atomic E-state index is 0.0262. The summed E-state index contributed by atoms with van der Waals surface area (Å²) in [5.74, 6) is 1.67. The van der Waals surface area contributed by atoms with Gasteiger partial charge in [0.2, 0.25) is 0 Å². The molecule has 0 amide bonds. The summed E-state index contributed by atoms with van der Waals surface area (Å²) >= 11 is 1.66. The molecular weight excluding hydrogens is 520 g/mol. The largest absolute Gasteiger partial charge is 0.492 e. The number of carbonyl (C=O) groups is 1. The summed E-state index contributed by atoms with van der Waals surface area (Å²) in [5, 5.41) is 0.990. The molecule has 208 valence electrons. The Balaban J connectivity index is 1.15. The molecule has 2 saturated heterocycles. The van der Waals surface area contributed by atoms with Gasteiger partial charge in [0.15, 0.2) is 5.78 Å². The van der Waals surface area contributed by atoms with E-state index in [4.69, 9.17) is 14.2 Å². The number of rotatable bonds is 11. The van der Waals surface area contributed by atoms with Crippen molar-refractivity contribution in [2.24, 2.45) is 0 Å². The molecule has 6 nitrogen and oxygen atoms in total. The maximum Gasteiger partial charge on any atom is 0.195 e. The Hall–Kier alpha value is -3.23. The van der Waals surface area contributed by atoms with Gasteiger partial charge in [0.1, 0.15) is 24.7 Å². The Morgan fingerprint density at radius 3 is 2.02 bits per heavy atom. The van der Waals surface area contributed by atoms with E-state index in [9.17, 15) is 4.79 Å². The minimum atomic E-state index is 0.0262. The normalized spacial score (nSPS) is 16.4. The van der Waals surface area contributed by atoms with E-state index in [0.717, 1.165) is 77.0 Å². The van der Waals surface area contributed by atoms with E-state index in [-0.39, 0.29) is 5.78 Å². The molecule has 2 fully saturated rings. The molecule has 1 aromatic heterocycles. The molecule has 6 rings (SSSR count). The smallest absolute Gasteiger partial charge is 0.195 e. The van der Waals surface area contributed by atoms with Gasteiger partial charge in [-0.05, 0) is 86.1 Å². The number of fused-ring (bicyclic) bond motifs is 1. The monoisotopic (exact) mass is 556 g/mol. The van der Waals surface area contributed by atoms with Gasteiger partial charge in [0.25, 0.3) is 0 Å². The number of carbonyl (C=O) groups excluding carboxylic acids is 1. The van der Waals surface area contributed by atoms with Gasteiger partial charge >= 0.3 is 0 Å². The highest BCUT2D eigenvalue weighted by Crippen LogP contribution is 2.40. The van der Waals surface area contributed by atoms with E-state index in [2.05, 4.69) is 28.0 Å². The second kappa shape index (κ2) is 13.0. The van der Waals surface area contributed by atoms with Crippen molar-refractivity contribution in [3.63, 3.8) is 0 Å². The van der Waals surface area contributed by atoms with Crippen molar-refractivity contribution in [2.75, 3.05) is 65.7 Å². The number of likely N-dealkylation sites (tertiary alicyclic amines) is 1. The molecule has 0 N–H and O–H groups in total. The van der Waals surface area contributed by atoms with Crippen LogP contribution in [0.25, 0.3) is 20.5 Å². The fourth-order valence-electron chi connectivity index (χ4n) is 5.44. The lowest BCUT2D eigenvalue weighted by Crippen LogP contribution is -2.38. The SMILES string of the molecule is O=C(c1ccc(OCCN2CCOCC2)cc1)c1c(-c2ccc(OCCN3CCCC3)cc2)sc2ccccc12. The molecule has 0 bridgehead atoms. The highest BCUT2D eigenvalue weighted by molar-refractivity contribution is 7.22. The predicted molar refractivity (Wildman–Crippen MR) is 161 cm³/mol. The van der Waals surface area contributed by atoms with Crippen LogP contribution in [-0.4, -0.2) is 81.3 Å². The maximum absolute atomic E-state index is 13.9. The quantitative estimate of drug-likeness (QED) is 0.212. The molecule has 2 aliphatic heterocycles. The summed E-state index contributed by atoms with van der Waals surface area (Å²) in [6.07, 6.45) is 2.58. The summed E-state index contributed by atoms with van der Waals surface area (Å²) < 4.78 is 18.5. The van der Waals surface area contributed by atoms with Crippen molar-refractivity contribution in [3.05, 3.63) is 83.9 Å². The first-order valence-electron chi connectivity index (χ1n) is 14.3. The predicted octanol–water partition coefficient (Wildman–Crippen LogP) is 5.98. The molecule has 3 aromatic carbocycles. The van der Waals surface area contributed by atoms with E-state index in [1.165, 1.54) is 25.9 Å². The molecule has 3 heterocycles. The number of ether oxygens (including phenoxy) is 3. The molecule has 0 unspecified atom stereocenters. The zero-order valence-corrected chi connectivity index (χ0v) is 23.7. The number of ketones is 1. The molecule has 2 aliphatic rings. The van der Waals surface area contributed by atoms with Crippen molar-refractivity contribution in [3.8, 4) is 21.9 Å². The van der Waals surface area contributed by atoms with Crippen molar-refractivity contribution in [1.82, 2.24) is 9.80 Å². The summed E-state index contributed by atoms with van der Waals surface area (Å²) in [5.41, 5.74) is 2.44. The van der Waals surface area contributed by atoms with Gasteiger partial charge < -0.3 is 14.2 Å². The average molecular weight is 557 g/mol. The maximum atomic E-state index is 13.9. The molecule has 0 atom stereocenters. The fraction of sp³-hybridized carbons (Fsp3) is 0.364. The Labute approximate surface area is 240 Å². The molecule has 40 heavy (non-hydrogen) atoms. The molecular formula is C33H36N2O4S. The first kappa shape index (κ1) is 27.0. The highest BCUT2D eigenvalue weighted by atomic mass is 32.1. The van der Waals surface area contributed by atoms with E-state index in [0.29, 0.717) is 18.8 Å². The van der Waals surface area contributed by atoms with Crippen molar-refractivity contribution < 1.29 is 19.0 Å². The van der Waals surface area contributed by atoms with E-state index >= 15 is 0 Å². The molecule has 0 spiro atoms. The van der Waals surface area contributed by atoms with Crippen LogP contribution < -0.4 is 9.47 Å². The third kappa shape index (κ3) is 6.39. The van der Waals surface area contributed by atoms with E-state index < -0.39 is 0 Å². The molecule has 7 heteroatoms. The standard InChI is InChI=1S/C33H36N2O4S/c36-32(25-7-11-27(12-8-25)39-24-20-35-17-21-37-22-18-35)31-29-5-1-2-6-30(29)40-33(31)26-9-13-28(14-10-26)38-23-19-34-15-3-4-16-34/h1-2,5-14H,3-4,15-24H2. The van der Waals surface area contributed by atoms with Crippen molar-refractivity contribution >= 4 is 27.2 Å². The Morgan fingerprint density at radius 2 is 1.35 bits per heavy atom. The van der Waals surface area contributed by atoms with Crippen molar-refractivity contribution in [2.45, 2.75) is 12.8 Å². The topological polar surface area (TPSA) is 51.2 Å². The number of hydrogen-bond donors (Lipinski definition) is 0. The van der Waals surface area contributed by atoms with Gasteiger partial charge in [-0.1, -0.05) is 18.2 Å². The second-order valence-corrected chi connectivity index (χ2v) is 11.4. The van der Waals surface area contributed by atoms with Crippen molar-refractivity contribution in [1.29, 1.82) is 0 Å². The number of thiophene rings is 1. The second-order valence-electron chi connectivity index (χ2n) is 10.4. The fourth-order valence-corrected chi connectivity index (χ4v) is 6.64. The highest BCUT2D eigenvalue weighted by Gasteiger charge is 2.22. The lowest BCUT2D eigenvalue weighted by Gasteiger charge is -2.26. The first-order chi connectivity index (χ1) is 19.7. The number of morpholine rings is 1. The van der Waals surface area contributed by atoms with Crippen LogP contribution in [0.4, 0.5) is 0 Å². The molecule has 0 radical (unpaired) electrons. The Morgan fingerprint density at radius 1 is 0.750 bits per heavy atom. The van der Waals surface area contributed by atoms with Gasteiger partial charge in [-0.3, -0.25) is 14.6 Å². The van der Waals surface area contributed by atoms with Crippen LogP contribution in [0.2, 0.25) is 0 Å². The zero-order valence-electron chi connectivity index (χ0n) is 22.8. The lowest BCUT2D eigenvalue weighted by atomic mass is 9.97. The summed E-state index contributed by atoms with van der Waals surface area (Å²) in [6.45, 7) is 8.96. The number of nitrogens with zero attached hydrogens (tertiary/aromatic N) is 2. The van der Waals surface area contributed by atoms with E-state index in [1.54, 1.807) is 11.3 Å². The van der Waals surface area contributed by atoms with Crippen LogP contribution in [0.3, 0.4) is 0 Å². The molecule has 0 aliphatic carbocycles. The van der Waals surface area contributed by atoms with Gasteiger partial charge in [0.05, 0.1) is 13.2 Å². The minimum Gasteiger partial charge on any atom is -0.492 e. The third-order valence-corrected chi connectivity index (χ3v) is 8.93. The summed E-state index contributed by atoms with van der Waals surface area (Å²) in [4.78, 5) is 19.7. The number of benzene rings is 3. The van der Waals surface area contributed by atoms with Gasteiger partial charge in [-0.2, -0.15) is 0 Å². The molecule has 0 saturated carbocycles. The van der Waals surface area contributed by atoms with Crippen LogP contribution in [-0.2, 0) is 4.74 Å². The third-order valence-electron chi connectivity index (χ3n) is 7.71.